The van der Waals surface area contributed by atoms with Crippen LogP contribution in [0.4, 0.5) is 0 Å². The van der Waals surface area contributed by atoms with Gasteiger partial charge in [-0.1, -0.05) is 19.3 Å². The quantitative estimate of drug-likeness (QED) is 0.624. The van der Waals surface area contributed by atoms with Crippen molar-refractivity contribution in [2.75, 3.05) is 0 Å². The van der Waals surface area contributed by atoms with Crippen LogP contribution in [0.3, 0.4) is 0 Å². The molecule has 0 amide bonds. The van der Waals surface area contributed by atoms with Crippen molar-refractivity contribution in [2.24, 2.45) is 0 Å². The zero-order valence-corrected chi connectivity index (χ0v) is 7.06. The van der Waals surface area contributed by atoms with E-state index in [2.05, 4.69) is 0 Å². The minimum absolute atomic E-state index is 0.573. The summed E-state index contributed by atoms with van der Waals surface area (Å²) in [6.07, 6.45) is 7.29. The summed E-state index contributed by atoms with van der Waals surface area (Å²) < 4.78 is 5.16. The van der Waals surface area contributed by atoms with Gasteiger partial charge < -0.3 is 3.07 Å². The van der Waals surface area contributed by atoms with Gasteiger partial charge in [0.15, 0.2) is 0 Å². The molecule has 48 valence electrons. The molecule has 1 aliphatic rings. The van der Waals surface area contributed by atoms with Gasteiger partial charge in [0.25, 0.3) is 0 Å². The lowest BCUT2D eigenvalue weighted by Gasteiger charge is -2.17. The van der Waals surface area contributed by atoms with Gasteiger partial charge in [0, 0.05) is 0 Å². The SMILES string of the molecule is IOC1CCCCC1. The van der Waals surface area contributed by atoms with Crippen LogP contribution in [0.15, 0.2) is 0 Å². The maximum Gasteiger partial charge on any atom is 0.110 e. The Labute approximate surface area is 64.5 Å². The van der Waals surface area contributed by atoms with E-state index >= 15 is 0 Å². The van der Waals surface area contributed by atoms with Crippen LogP contribution in [0.5, 0.6) is 0 Å². The van der Waals surface area contributed by atoms with Crippen molar-refractivity contribution in [3.63, 3.8) is 0 Å². The van der Waals surface area contributed by atoms with Crippen LogP contribution in [0.25, 0.3) is 0 Å². The van der Waals surface area contributed by atoms with Crippen molar-refractivity contribution in [3.05, 3.63) is 0 Å². The molecule has 0 aromatic rings. The first kappa shape index (κ1) is 6.81. The molecule has 0 aromatic carbocycles. The van der Waals surface area contributed by atoms with Crippen LogP contribution in [-0.2, 0) is 3.07 Å². The highest BCUT2D eigenvalue weighted by Gasteiger charge is 2.11. The van der Waals surface area contributed by atoms with Gasteiger partial charge in [-0.15, -0.1) is 0 Å². The van der Waals surface area contributed by atoms with Gasteiger partial charge in [-0.05, 0) is 12.8 Å². The van der Waals surface area contributed by atoms with Crippen LogP contribution >= 0.6 is 23.0 Å². The van der Waals surface area contributed by atoms with E-state index in [1.807, 2.05) is 23.0 Å². The fourth-order valence-corrected chi connectivity index (χ4v) is 1.66. The summed E-state index contributed by atoms with van der Waals surface area (Å²) in [5.41, 5.74) is 0. The third-order valence-electron chi connectivity index (χ3n) is 1.68. The van der Waals surface area contributed by atoms with Gasteiger partial charge in [-0.3, -0.25) is 0 Å². The average Bonchev–Trinajstić information content (AvgIpc) is 1.90. The summed E-state index contributed by atoms with van der Waals surface area (Å²) in [5.74, 6) is 0. The van der Waals surface area contributed by atoms with E-state index in [1.165, 1.54) is 32.1 Å². The summed E-state index contributed by atoms with van der Waals surface area (Å²) in [4.78, 5) is 0. The molecule has 1 rings (SSSR count). The smallest absolute Gasteiger partial charge is 0.110 e. The predicted octanol–water partition coefficient (Wildman–Crippen LogP) is 2.69. The molecule has 0 aromatic heterocycles. The summed E-state index contributed by atoms with van der Waals surface area (Å²) >= 11 is 2.01. The topological polar surface area (TPSA) is 9.23 Å². The molecule has 0 heterocycles. The first-order valence-corrected chi connectivity index (χ1v) is 4.09. The lowest BCUT2D eigenvalue weighted by Crippen LogP contribution is -2.11. The monoisotopic (exact) mass is 226 g/mol. The molecular weight excluding hydrogens is 215 g/mol. The van der Waals surface area contributed by atoms with Crippen LogP contribution < -0.4 is 0 Å². The highest BCUT2D eigenvalue weighted by Crippen LogP contribution is 2.21. The Balaban J connectivity index is 2.13. The van der Waals surface area contributed by atoms with Crippen molar-refractivity contribution in [1.82, 2.24) is 0 Å². The Morgan fingerprint density at radius 2 is 1.75 bits per heavy atom. The largest absolute Gasteiger partial charge is 0.312 e. The van der Waals surface area contributed by atoms with E-state index in [0.717, 1.165) is 0 Å². The Morgan fingerprint density at radius 1 is 1.12 bits per heavy atom. The summed E-state index contributed by atoms with van der Waals surface area (Å²) in [6.45, 7) is 0. The highest BCUT2D eigenvalue weighted by molar-refractivity contribution is 14.1. The molecular formula is C6H11IO. The predicted molar refractivity (Wildman–Crippen MR) is 42.0 cm³/mol. The van der Waals surface area contributed by atoms with E-state index < -0.39 is 0 Å². The van der Waals surface area contributed by atoms with Crippen LogP contribution in [-0.4, -0.2) is 6.10 Å². The van der Waals surface area contributed by atoms with Crippen LogP contribution in [0, 0.1) is 0 Å². The van der Waals surface area contributed by atoms with Gasteiger partial charge in [0.05, 0.1) is 6.10 Å². The number of hydrogen-bond donors (Lipinski definition) is 0. The molecule has 1 fully saturated rings. The number of rotatable bonds is 1. The van der Waals surface area contributed by atoms with E-state index in [-0.39, 0.29) is 0 Å². The fraction of sp³-hybridized carbons (Fsp3) is 1.00. The summed E-state index contributed by atoms with van der Waals surface area (Å²) in [6, 6.07) is 0. The van der Waals surface area contributed by atoms with E-state index in [4.69, 9.17) is 3.07 Å². The Kier molecular flexibility index (Phi) is 3.12. The standard InChI is InChI=1S/C6H11IO/c7-8-6-4-2-1-3-5-6/h6H,1-5H2. The molecule has 0 unspecified atom stereocenters. The van der Waals surface area contributed by atoms with E-state index in [9.17, 15) is 0 Å². The molecule has 0 N–H and O–H groups in total. The molecule has 8 heavy (non-hydrogen) atoms. The normalized spacial score (nSPS) is 23.6. The molecule has 0 saturated heterocycles. The zero-order valence-electron chi connectivity index (χ0n) is 4.90. The number of halogens is 1. The zero-order chi connectivity index (χ0) is 5.82. The second-order valence-corrected chi connectivity index (χ2v) is 2.86. The van der Waals surface area contributed by atoms with Gasteiger partial charge >= 0.3 is 0 Å². The van der Waals surface area contributed by atoms with Crippen molar-refractivity contribution < 1.29 is 3.07 Å². The maximum absolute atomic E-state index is 5.16. The molecule has 0 aliphatic heterocycles. The van der Waals surface area contributed by atoms with Gasteiger partial charge in [-0.2, -0.15) is 0 Å². The van der Waals surface area contributed by atoms with E-state index in [0.29, 0.717) is 6.10 Å². The number of hydrogen-bond acceptors (Lipinski definition) is 1. The van der Waals surface area contributed by atoms with Gasteiger partial charge in [0.1, 0.15) is 23.0 Å². The van der Waals surface area contributed by atoms with Crippen LogP contribution in [0.1, 0.15) is 32.1 Å². The first-order chi connectivity index (χ1) is 3.93. The Morgan fingerprint density at radius 3 is 2.12 bits per heavy atom. The van der Waals surface area contributed by atoms with Crippen molar-refractivity contribution in [3.8, 4) is 0 Å². The third-order valence-corrected chi connectivity index (χ3v) is 2.40. The second kappa shape index (κ2) is 3.67. The van der Waals surface area contributed by atoms with Crippen molar-refractivity contribution in [1.29, 1.82) is 0 Å². The molecule has 0 radical (unpaired) electrons. The molecule has 0 atom stereocenters. The molecule has 0 bridgehead atoms. The summed E-state index contributed by atoms with van der Waals surface area (Å²) in [7, 11) is 0. The molecule has 1 saturated carbocycles. The maximum atomic E-state index is 5.16. The molecule has 1 nitrogen and oxygen atoms in total. The molecule has 1 aliphatic carbocycles. The van der Waals surface area contributed by atoms with Crippen LogP contribution in [0.2, 0.25) is 0 Å². The Hall–Kier alpha value is 0.690. The van der Waals surface area contributed by atoms with Gasteiger partial charge in [-0.25, -0.2) is 0 Å². The lowest BCUT2D eigenvalue weighted by atomic mass is 9.98. The minimum atomic E-state index is 0.573. The summed E-state index contributed by atoms with van der Waals surface area (Å²) in [5, 5.41) is 0. The highest BCUT2D eigenvalue weighted by atomic mass is 127. The molecule has 0 spiro atoms. The van der Waals surface area contributed by atoms with Crippen molar-refractivity contribution >= 4 is 23.0 Å². The van der Waals surface area contributed by atoms with E-state index in [1.54, 1.807) is 0 Å². The van der Waals surface area contributed by atoms with Gasteiger partial charge in [0.2, 0.25) is 0 Å². The first-order valence-electron chi connectivity index (χ1n) is 3.21. The average molecular weight is 226 g/mol. The lowest BCUT2D eigenvalue weighted by molar-refractivity contribution is 0.215. The Bertz CT molecular complexity index is 59.5. The third kappa shape index (κ3) is 1.90. The molecule has 2 heteroatoms. The van der Waals surface area contributed by atoms with Crippen molar-refractivity contribution in [2.45, 2.75) is 38.2 Å². The fourth-order valence-electron chi connectivity index (χ4n) is 1.15. The second-order valence-electron chi connectivity index (χ2n) is 2.35. The minimum Gasteiger partial charge on any atom is -0.312 e.